The van der Waals surface area contributed by atoms with Crippen LogP contribution in [0, 0.1) is 0 Å². The first-order valence-electron chi connectivity index (χ1n) is 6.91. The van der Waals surface area contributed by atoms with Crippen LogP contribution in [0.4, 0.5) is 5.69 Å². The van der Waals surface area contributed by atoms with Crippen molar-refractivity contribution in [3.8, 4) is 0 Å². The van der Waals surface area contributed by atoms with Gasteiger partial charge >= 0.3 is 11.9 Å². The lowest BCUT2D eigenvalue weighted by molar-refractivity contribution is -0.146. The van der Waals surface area contributed by atoms with Gasteiger partial charge in [0.05, 0.1) is 13.2 Å². The van der Waals surface area contributed by atoms with Crippen molar-refractivity contribution in [3.63, 3.8) is 0 Å². The average Bonchev–Trinajstić information content (AvgIpc) is 2.45. The Balaban J connectivity index is 3.12. The molecule has 118 valence electrons. The Morgan fingerprint density at radius 3 is 2.18 bits per heavy atom. The third-order valence-electron chi connectivity index (χ3n) is 2.51. The Kier molecular flexibility index (Phi) is 6.82. The molecule has 0 bridgehead atoms. The molecule has 0 aromatic heterocycles. The molecule has 0 spiro atoms. The van der Waals surface area contributed by atoms with Gasteiger partial charge in [0.25, 0.3) is 0 Å². The molecule has 0 atom stereocenters. The zero-order valence-corrected chi connectivity index (χ0v) is 12.8. The molecule has 1 amide bonds. The van der Waals surface area contributed by atoms with Crippen LogP contribution in [0.1, 0.15) is 26.3 Å². The molecule has 22 heavy (non-hydrogen) atoms. The predicted molar refractivity (Wildman–Crippen MR) is 82.0 cm³/mol. The van der Waals surface area contributed by atoms with E-state index in [-0.39, 0.29) is 24.7 Å². The summed E-state index contributed by atoms with van der Waals surface area (Å²) in [5, 5.41) is 2.63. The number of anilines is 1. The second-order valence-electron chi connectivity index (χ2n) is 4.31. The van der Waals surface area contributed by atoms with Gasteiger partial charge in [0, 0.05) is 12.6 Å². The lowest BCUT2D eigenvalue weighted by Gasteiger charge is -2.07. The van der Waals surface area contributed by atoms with E-state index < -0.39 is 11.9 Å². The molecule has 6 heteroatoms. The molecule has 0 radical (unpaired) electrons. The van der Waals surface area contributed by atoms with Crippen LogP contribution in [-0.2, 0) is 23.9 Å². The van der Waals surface area contributed by atoms with Gasteiger partial charge in [0.2, 0.25) is 5.91 Å². The molecule has 0 aliphatic heterocycles. The normalized spacial score (nSPS) is 9.59. The van der Waals surface area contributed by atoms with Crippen LogP contribution in [0.2, 0.25) is 0 Å². The Bertz CT molecular complexity index is 572. The Morgan fingerprint density at radius 1 is 1.09 bits per heavy atom. The number of carbonyl (C=O) groups excluding carboxylic acids is 3. The van der Waals surface area contributed by atoms with Gasteiger partial charge in [-0.05, 0) is 37.6 Å². The Morgan fingerprint density at radius 2 is 1.68 bits per heavy atom. The molecule has 1 aromatic carbocycles. The summed E-state index contributed by atoms with van der Waals surface area (Å²) in [6.07, 6.45) is 1.38. The molecule has 0 saturated heterocycles. The Labute approximate surface area is 129 Å². The van der Waals surface area contributed by atoms with Crippen molar-refractivity contribution >= 4 is 29.6 Å². The summed E-state index contributed by atoms with van der Waals surface area (Å²) in [6, 6.07) is 6.74. The minimum Gasteiger partial charge on any atom is -0.462 e. The van der Waals surface area contributed by atoms with Crippen molar-refractivity contribution in [2.24, 2.45) is 0 Å². The number of amides is 1. The van der Waals surface area contributed by atoms with Crippen LogP contribution in [-0.4, -0.2) is 31.1 Å². The van der Waals surface area contributed by atoms with Crippen molar-refractivity contribution in [2.45, 2.75) is 20.8 Å². The fraction of sp³-hybridized carbons (Fsp3) is 0.312. The summed E-state index contributed by atoms with van der Waals surface area (Å²) >= 11 is 0. The zero-order valence-electron chi connectivity index (χ0n) is 12.8. The molecule has 0 fully saturated rings. The van der Waals surface area contributed by atoms with Crippen molar-refractivity contribution in [3.05, 3.63) is 35.4 Å². The predicted octanol–water partition coefficient (Wildman–Crippen LogP) is 2.15. The lowest BCUT2D eigenvalue weighted by atomic mass is 10.1. The maximum Gasteiger partial charge on any atom is 0.345 e. The molecule has 1 N–H and O–H groups in total. The highest BCUT2D eigenvalue weighted by atomic mass is 16.6. The SMILES string of the molecule is CCOC(=O)C(=Cc1cccc(NC(C)=O)c1)C(=O)OCC. The second kappa shape index (κ2) is 8.61. The van der Waals surface area contributed by atoms with Crippen LogP contribution in [0.15, 0.2) is 29.8 Å². The monoisotopic (exact) mass is 305 g/mol. The highest BCUT2D eigenvalue weighted by Crippen LogP contribution is 2.15. The number of hydrogen-bond acceptors (Lipinski definition) is 5. The quantitative estimate of drug-likeness (QED) is 0.377. The topological polar surface area (TPSA) is 81.7 Å². The number of benzene rings is 1. The van der Waals surface area contributed by atoms with Crippen LogP contribution < -0.4 is 5.32 Å². The molecule has 6 nitrogen and oxygen atoms in total. The maximum atomic E-state index is 11.9. The molecule has 0 aliphatic rings. The number of carbonyl (C=O) groups is 3. The first-order chi connectivity index (χ1) is 10.5. The van der Waals surface area contributed by atoms with Gasteiger partial charge in [-0.25, -0.2) is 9.59 Å². The van der Waals surface area contributed by atoms with E-state index in [9.17, 15) is 14.4 Å². The molecular weight excluding hydrogens is 286 g/mol. The minimum absolute atomic E-state index is 0.154. The van der Waals surface area contributed by atoms with Gasteiger partial charge in [0.15, 0.2) is 0 Å². The van der Waals surface area contributed by atoms with Crippen molar-refractivity contribution in [2.75, 3.05) is 18.5 Å². The van der Waals surface area contributed by atoms with Crippen LogP contribution >= 0.6 is 0 Å². The first-order valence-corrected chi connectivity index (χ1v) is 6.91. The van der Waals surface area contributed by atoms with E-state index in [0.29, 0.717) is 11.3 Å². The molecule has 0 unspecified atom stereocenters. The number of rotatable bonds is 6. The van der Waals surface area contributed by atoms with E-state index in [2.05, 4.69) is 5.32 Å². The molecule has 0 saturated carbocycles. The minimum atomic E-state index is -0.745. The van der Waals surface area contributed by atoms with Gasteiger partial charge in [0.1, 0.15) is 5.57 Å². The summed E-state index contributed by atoms with van der Waals surface area (Å²) in [4.78, 5) is 34.8. The average molecular weight is 305 g/mol. The maximum absolute atomic E-state index is 11.9. The van der Waals surface area contributed by atoms with E-state index in [1.165, 1.54) is 13.0 Å². The number of ether oxygens (including phenoxy) is 2. The van der Waals surface area contributed by atoms with E-state index in [1.807, 2.05) is 0 Å². The zero-order chi connectivity index (χ0) is 16.5. The van der Waals surface area contributed by atoms with E-state index >= 15 is 0 Å². The van der Waals surface area contributed by atoms with Crippen LogP contribution in [0.5, 0.6) is 0 Å². The van der Waals surface area contributed by atoms with Gasteiger partial charge in [-0.1, -0.05) is 12.1 Å². The highest BCUT2D eigenvalue weighted by Gasteiger charge is 2.20. The van der Waals surface area contributed by atoms with Crippen LogP contribution in [0.25, 0.3) is 6.08 Å². The second-order valence-corrected chi connectivity index (χ2v) is 4.31. The third-order valence-corrected chi connectivity index (χ3v) is 2.51. The lowest BCUT2D eigenvalue weighted by Crippen LogP contribution is -2.18. The summed E-state index contributed by atoms with van der Waals surface area (Å²) in [7, 11) is 0. The van der Waals surface area contributed by atoms with Gasteiger partial charge in [-0.3, -0.25) is 4.79 Å². The first kappa shape index (κ1) is 17.4. The molecular formula is C16H19NO5. The van der Waals surface area contributed by atoms with E-state index in [0.717, 1.165) is 0 Å². The number of esters is 2. The van der Waals surface area contributed by atoms with Crippen molar-refractivity contribution in [1.29, 1.82) is 0 Å². The highest BCUT2D eigenvalue weighted by molar-refractivity contribution is 6.17. The summed E-state index contributed by atoms with van der Waals surface area (Å²) in [5.74, 6) is -1.70. The van der Waals surface area contributed by atoms with Gasteiger partial charge in [-0.2, -0.15) is 0 Å². The molecule has 1 rings (SSSR count). The molecule has 1 aromatic rings. The third kappa shape index (κ3) is 5.40. The smallest absolute Gasteiger partial charge is 0.345 e. The van der Waals surface area contributed by atoms with Gasteiger partial charge < -0.3 is 14.8 Å². The molecule has 0 aliphatic carbocycles. The van der Waals surface area contributed by atoms with Crippen molar-refractivity contribution in [1.82, 2.24) is 0 Å². The Hall–Kier alpha value is -2.63. The number of nitrogens with one attached hydrogen (secondary N) is 1. The largest absolute Gasteiger partial charge is 0.462 e. The fourth-order valence-electron chi connectivity index (χ4n) is 1.70. The summed E-state index contributed by atoms with van der Waals surface area (Å²) < 4.78 is 9.72. The summed E-state index contributed by atoms with van der Waals surface area (Å²) in [6.45, 7) is 5.00. The fourth-order valence-corrected chi connectivity index (χ4v) is 1.70. The summed E-state index contributed by atoms with van der Waals surface area (Å²) in [5.41, 5.74) is 0.944. The van der Waals surface area contributed by atoms with E-state index in [1.54, 1.807) is 38.1 Å². The molecule has 0 heterocycles. The van der Waals surface area contributed by atoms with Gasteiger partial charge in [-0.15, -0.1) is 0 Å². The standard InChI is InChI=1S/C16H19NO5/c1-4-21-15(19)14(16(20)22-5-2)10-12-7-6-8-13(9-12)17-11(3)18/h6-10H,4-5H2,1-3H3,(H,17,18). The van der Waals surface area contributed by atoms with Crippen molar-refractivity contribution < 1.29 is 23.9 Å². The van der Waals surface area contributed by atoms with E-state index in [4.69, 9.17) is 9.47 Å². The number of hydrogen-bond donors (Lipinski definition) is 1. The van der Waals surface area contributed by atoms with Crippen LogP contribution in [0.3, 0.4) is 0 Å².